The van der Waals surface area contributed by atoms with E-state index in [9.17, 15) is 12.8 Å². The molecule has 5 nitrogen and oxygen atoms in total. The molecule has 0 saturated heterocycles. The van der Waals surface area contributed by atoms with E-state index in [4.69, 9.17) is 10.5 Å². The van der Waals surface area contributed by atoms with Crippen molar-refractivity contribution in [3.63, 3.8) is 0 Å². The molecule has 0 fully saturated rings. The monoisotopic (exact) mass is 295 g/mol. The number of hydrogen-bond donors (Lipinski definition) is 0. The average molecular weight is 295 g/mol. The van der Waals surface area contributed by atoms with Crippen molar-refractivity contribution in [2.75, 3.05) is 13.1 Å². The lowest BCUT2D eigenvalue weighted by Gasteiger charge is -2.21. The summed E-state index contributed by atoms with van der Waals surface area (Å²) in [5, 5.41) is 17.5. The summed E-state index contributed by atoms with van der Waals surface area (Å²) in [5.41, 5.74) is -0.324. The summed E-state index contributed by atoms with van der Waals surface area (Å²) in [5.74, 6) is -1.22. The first-order chi connectivity index (χ1) is 9.36. The number of hydrogen-bond acceptors (Lipinski definition) is 4. The van der Waals surface area contributed by atoms with Gasteiger partial charge in [0.2, 0.25) is 10.0 Å². The van der Waals surface area contributed by atoms with Crippen molar-refractivity contribution in [2.24, 2.45) is 5.92 Å². The van der Waals surface area contributed by atoms with E-state index in [1.54, 1.807) is 19.9 Å². The van der Waals surface area contributed by atoms with Crippen LogP contribution < -0.4 is 0 Å². The predicted molar refractivity (Wildman–Crippen MR) is 70.3 cm³/mol. The van der Waals surface area contributed by atoms with E-state index in [1.165, 1.54) is 0 Å². The molecule has 0 aromatic heterocycles. The Hall–Kier alpha value is -1.96. The van der Waals surface area contributed by atoms with E-state index in [0.717, 1.165) is 22.5 Å². The molecule has 0 N–H and O–H groups in total. The van der Waals surface area contributed by atoms with Crippen LogP contribution in [-0.2, 0) is 10.0 Å². The molecule has 0 heterocycles. The van der Waals surface area contributed by atoms with Gasteiger partial charge in [-0.2, -0.15) is 14.8 Å². The number of halogens is 1. The molecular formula is C13H14FN3O2S. The average Bonchev–Trinajstić information content (AvgIpc) is 2.44. The van der Waals surface area contributed by atoms with E-state index in [2.05, 4.69) is 0 Å². The standard InChI is InChI=1S/C13H14FN3O2S/c1-3-17(9-10(2)7-15)20(18,19)12-4-5-13(14)11(6-12)8-16/h4-6,10H,3,9H2,1-2H3. The Morgan fingerprint density at radius 1 is 1.40 bits per heavy atom. The Bertz CT molecular complexity index is 674. The minimum Gasteiger partial charge on any atom is -0.207 e. The van der Waals surface area contributed by atoms with Crippen LogP contribution in [0.5, 0.6) is 0 Å². The van der Waals surface area contributed by atoms with Gasteiger partial charge in [0.25, 0.3) is 0 Å². The number of sulfonamides is 1. The molecule has 7 heteroatoms. The van der Waals surface area contributed by atoms with Gasteiger partial charge in [0.05, 0.1) is 22.4 Å². The summed E-state index contributed by atoms with van der Waals surface area (Å²) in [6.07, 6.45) is 0. The minimum atomic E-state index is -3.84. The van der Waals surface area contributed by atoms with E-state index in [0.29, 0.717) is 0 Å². The second kappa shape index (κ2) is 6.47. The second-order valence-corrected chi connectivity index (χ2v) is 6.18. The van der Waals surface area contributed by atoms with Gasteiger partial charge in [-0.25, -0.2) is 12.8 Å². The van der Waals surface area contributed by atoms with Gasteiger partial charge in [0, 0.05) is 13.1 Å². The summed E-state index contributed by atoms with van der Waals surface area (Å²) in [6, 6.07) is 6.64. The number of nitrogens with zero attached hydrogens (tertiary/aromatic N) is 3. The van der Waals surface area contributed by atoms with Gasteiger partial charge in [-0.05, 0) is 25.1 Å². The molecule has 0 saturated carbocycles. The Kier molecular flexibility index (Phi) is 5.20. The lowest BCUT2D eigenvalue weighted by Crippen LogP contribution is -2.34. The molecule has 20 heavy (non-hydrogen) atoms. The van der Waals surface area contributed by atoms with Crippen LogP contribution >= 0.6 is 0 Å². The first-order valence-electron chi connectivity index (χ1n) is 5.96. The second-order valence-electron chi connectivity index (χ2n) is 4.24. The molecule has 0 aliphatic carbocycles. The zero-order chi connectivity index (χ0) is 15.3. The quantitative estimate of drug-likeness (QED) is 0.830. The normalized spacial score (nSPS) is 12.7. The first kappa shape index (κ1) is 16.1. The fraction of sp³-hybridized carbons (Fsp3) is 0.385. The Morgan fingerprint density at radius 3 is 2.55 bits per heavy atom. The summed E-state index contributed by atoms with van der Waals surface area (Å²) in [4.78, 5) is -0.151. The van der Waals surface area contributed by atoms with Gasteiger partial charge >= 0.3 is 0 Å². The van der Waals surface area contributed by atoms with Crippen LogP contribution in [-0.4, -0.2) is 25.8 Å². The highest BCUT2D eigenvalue weighted by atomic mass is 32.2. The van der Waals surface area contributed by atoms with E-state index < -0.39 is 21.8 Å². The van der Waals surface area contributed by atoms with E-state index in [1.807, 2.05) is 6.07 Å². The van der Waals surface area contributed by atoms with Crippen molar-refractivity contribution in [1.29, 1.82) is 10.5 Å². The van der Waals surface area contributed by atoms with Crippen LogP contribution in [0.25, 0.3) is 0 Å². The van der Waals surface area contributed by atoms with Crippen LogP contribution in [0.4, 0.5) is 4.39 Å². The molecule has 1 aromatic rings. The van der Waals surface area contributed by atoms with Crippen molar-refractivity contribution in [1.82, 2.24) is 4.31 Å². The summed E-state index contributed by atoms with van der Waals surface area (Å²) in [6.45, 7) is 3.50. The van der Waals surface area contributed by atoms with Crippen molar-refractivity contribution in [3.05, 3.63) is 29.6 Å². The van der Waals surface area contributed by atoms with Gasteiger partial charge < -0.3 is 0 Å². The molecule has 1 aromatic carbocycles. The molecule has 106 valence electrons. The molecule has 0 aliphatic rings. The Labute approximate surface area is 117 Å². The van der Waals surface area contributed by atoms with Gasteiger partial charge in [-0.15, -0.1) is 0 Å². The third-order valence-electron chi connectivity index (χ3n) is 2.75. The third kappa shape index (κ3) is 3.32. The molecular weight excluding hydrogens is 281 g/mol. The lowest BCUT2D eigenvalue weighted by atomic mass is 10.2. The smallest absolute Gasteiger partial charge is 0.207 e. The maximum absolute atomic E-state index is 13.2. The van der Waals surface area contributed by atoms with E-state index in [-0.39, 0.29) is 23.5 Å². The largest absolute Gasteiger partial charge is 0.243 e. The first-order valence-corrected chi connectivity index (χ1v) is 7.40. The highest BCUT2D eigenvalue weighted by Crippen LogP contribution is 2.19. The van der Waals surface area contributed by atoms with Gasteiger partial charge in [0.15, 0.2) is 0 Å². The van der Waals surface area contributed by atoms with Crippen LogP contribution in [0.15, 0.2) is 23.1 Å². The Morgan fingerprint density at radius 2 is 2.05 bits per heavy atom. The summed E-state index contributed by atoms with van der Waals surface area (Å²) >= 11 is 0. The third-order valence-corrected chi connectivity index (χ3v) is 4.68. The van der Waals surface area contributed by atoms with Crippen molar-refractivity contribution < 1.29 is 12.8 Å². The highest BCUT2D eigenvalue weighted by molar-refractivity contribution is 7.89. The fourth-order valence-corrected chi connectivity index (χ4v) is 3.21. The van der Waals surface area contributed by atoms with Gasteiger partial charge in [-0.3, -0.25) is 0 Å². The zero-order valence-corrected chi connectivity index (χ0v) is 12.0. The van der Waals surface area contributed by atoms with Crippen molar-refractivity contribution >= 4 is 10.0 Å². The topological polar surface area (TPSA) is 85.0 Å². The van der Waals surface area contributed by atoms with Crippen LogP contribution in [0, 0.1) is 34.4 Å². The Balaban J connectivity index is 3.22. The highest BCUT2D eigenvalue weighted by Gasteiger charge is 2.25. The molecule has 0 spiro atoms. The summed E-state index contributed by atoms with van der Waals surface area (Å²) in [7, 11) is -3.84. The maximum atomic E-state index is 13.2. The van der Waals surface area contributed by atoms with E-state index >= 15 is 0 Å². The predicted octanol–water partition coefficient (Wildman–Crippen LogP) is 1.87. The number of benzene rings is 1. The molecule has 0 amide bonds. The summed E-state index contributed by atoms with van der Waals surface area (Å²) < 4.78 is 39.1. The van der Waals surface area contributed by atoms with Crippen molar-refractivity contribution in [3.8, 4) is 12.1 Å². The van der Waals surface area contributed by atoms with Gasteiger partial charge in [0.1, 0.15) is 11.9 Å². The number of rotatable bonds is 5. The van der Waals surface area contributed by atoms with Crippen LogP contribution in [0.1, 0.15) is 19.4 Å². The molecule has 1 unspecified atom stereocenters. The van der Waals surface area contributed by atoms with Gasteiger partial charge in [-0.1, -0.05) is 6.92 Å². The molecule has 0 aliphatic heterocycles. The number of nitriles is 2. The minimum absolute atomic E-state index is 0.0502. The maximum Gasteiger partial charge on any atom is 0.243 e. The molecule has 1 rings (SSSR count). The fourth-order valence-electron chi connectivity index (χ4n) is 1.64. The zero-order valence-electron chi connectivity index (χ0n) is 11.2. The van der Waals surface area contributed by atoms with Crippen LogP contribution in [0.3, 0.4) is 0 Å². The van der Waals surface area contributed by atoms with Crippen molar-refractivity contribution in [2.45, 2.75) is 18.7 Å². The lowest BCUT2D eigenvalue weighted by molar-refractivity contribution is 0.399. The molecule has 0 bridgehead atoms. The van der Waals surface area contributed by atoms with Crippen LogP contribution in [0.2, 0.25) is 0 Å². The SMILES string of the molecule is CCN(CC(C)C#N)S(=O)(=O)c1ccc(F)c(C#N)c1. The molecule has 1 atom stereocenters. The molecule has 0 radical (unpaired) electrons.